The molecule has 5 rings (SSSR count). The molecule has 0 spiro atoms. The van der Waals surface area contributed by atoms with Gasteiger partial charge in [0.25, 0.3) is 11.8 Å². The topological polar surface area (TPSA) is 94.2 Å². The van der Waals surface area contributed by atoms with Crippen molar-refractivity contribution < 1.29 is 14.7 Å². The van der Waals surface area contributed by atoms with E-state index in [1.54, 1.807) is 12.1 Å². The predicted molar refractivity (Wildman–Crippen MR) is 116 cm³/mol. The molecule has 30 heavy (non-hydrogen) atoms. The number of aliphatic hydroxyl groups excluding tert-OH is 1. The second-order valence-corrected chi connectivity index (χ2v) is 8.62. The van der Waals surface area contributed by atoms with Crippen molar-refractivity contribution in [3.05, 3.63) is 58.1 Å². The third-order valence-electron chi connectivity index (χ3n) is 6.32. The van der Waals surface area contributed by atoms with E-state index < -0.39 is 5.54 Å². The van der Waals surface area contributed by atoms with Gasteiger partial charge in [-0.2, -0.15) is 0 Å². The number of aromatic nitrogens is 1. The molecule has 0 radical (unpaired) electrons. The Morgan fingerprint density at radius 2 is 1.97 bits per heavy atom. The Labute approximate surface area is 178 Å². The van der Waals surface area contributed by atoms with E-state index in [2.05, 4.69) is 15.6 Å². The lowest BCUT2D eigenvalue weighted by Gasteiger charge is -2.28. The van der Waals surface area contributed by atoms with E-state index in [4.69, 9.17) is 11.6 Å². The average Bonchev–Trinajstić information content (AvgIpc) is 3.47. The SMILES string of the molecule is O=C(NC1(CO)CCCC1)c1ccc2[nH]c(-c3ccc(Cl)c4c3C(=O)NC4)cc2c1. The summed E-state index contributed by atoms with van der Waals surface area (Å²) in [5.74, 6) is -0.311. The number of carbonyl (C=O) groups is 2. The van der Waals surface area contributed by atoms with Crippen molar-refractivity contribution in [3.63, 3.8) is 0 Å². The minimum atomic E-state index is -0.507. The first-order chi connectivity index (χ1) is 14.5. The zero-order valence-electron chi connectivity index (χ0n) is 16.3. The molecule has 1 aliphatic carbocycles. The lowest BCUT2D eigenvalue weighted by molar-refractivity contribution is 0.0838. The monoisotopic (exact) mass is 423 g/mol. The number of fused-ring (bicyclic) bond motifs is 2. The minimum Gasteiger partial charge on any atom is -0.394 e. The van der Waals surface area contributed by atoms with Gasteiger partial charge in [0.15, 0.2) is 0 Å². The molecule has 2 aromatic carbocycles. The zero-order chi connectivity index (χ0) is 20.9. The van der Waals surface area contributed by atoms with Crippen molar-refractivity contribution in [2.24, 2.45) is 0 Å². The van der Waals surface area contributed by atoms with Crippen LogP contribution in [0.1, 0.15) is 52.0 Å². The zero-order valence-corrected chi connectivity index (χ0v) is 17.1. The highest BCUT2D eigenvalue weighted by Gasteiger charge is 2.35. The number of H-pyrrole nitrogens is 1. The van der Waals surface area contributed by atoms with Crippen LogP contribution in [-0.2, 0) is 6.54 Å². The van der Waals surface area contributed by atoms with E-state index in [0.717, 1.165) is 53.4 Å². The van der Waals surface area contributed by atoms with Gasteiger partial charge in [0.1, 0.15) is 0 Å². The molecule has 0 bridgehead atoms. The Morgan fingerprint density at radius 3 is 2.73 bits per heavy atom. The minimum absolute atomic E-state index is 0.0426. The van der Waals surface area contributed by atoms with Gasteiger partial charge in [-0.1, -0.05) is 30.5 Å². The molecule has 0 saturated heterocycles. The first-order valence-electron chi connectivity index (χ1n) is 10.2. The third kappa shape index (κ3) is 3.07. The predicted octanol–water partition coefficient (Wildman–Crippen LogP) is 3.77. The molecule has 1 fully saturated rings. The van der Waals surface area contributed by atoms with Gasteiger partial charge in [-0.15, -0.1) is 0 Å². The fourth-order valence-corrected chi connectivity index (χ4v) is 4.87. The Bertz CT molecular complexity index is 1180. The van der Waals surface area contributed by atoms with Gasteiger partial charge < -0.3 is 20.7 Å². The van der Waals surface area contributed by atoms with Crippen LogP contribution < -0.4 is 10.6 Å². The summed E-state index contributed by atoms with van der Waals surface area (Å²) in [5, 5.41) is 17.1. The van der Waals surface area contributed by atoms with Gasteiger partial charge >= 0.3 is 0 Å². The number of rotatable bonds is 4. The molecule has 2 heterocycles. The Balaban J connectivity index is 1.49. The molecule has 0 unspecified atom stereocenters. The van der Waals surface area contributed by atoms with Crippen molar-refractivity contribution in [1.82, 2.24) is 15.6 Å². The number of carbonyl (C=O) groups excluding carboxylic acids is 2. The second kappa shape index (κ2) is 7.15. The number of aliphatic hydroxyl groups is 1. The van der Waals surface area contributed by atoms with Gasteiger partial charge in [0.05, 0.1) is 17.7 Å². The summed E-state index contributed by atoms with van der Waals surface area (Å²) in [7, 11) is 0. The van der Waals surface area contributed by atoms with Crippen LogP contribution in [0.4, 0.5) is 0 Å². The van der Waals surface area contributed by atoms with Crippen molar-refractivity contribution in [2.75, 3.05) is 6.61 Å². The molecule has 6 nitrogen and oxygen atoms in total. The van der Waals surface area contributed by atoms with Crippen LogP contribution in [0.15, 0.2) is 36.4 Å². The summed E-state index contributed by atoms with van der Waals surface area (Å²) in [6.45, 7) is 0.386. The molecule has 2 aliphatic rings. The van der Waals surface area contributed by atoms with Crippen molar-refractivity contribution in [3.8, 4) is 11.3 Å². The van der Waals surface area contributed by atoms with E-state index in [1.807, 2.05) is 24.3 Å². The number of hydrogen-bond acceptors (Lipinski definition) is 3. The van der Waals surface area contributed by atoms with Gasteiger partial charge in [0.2, 0.25) is 0 Å². The van der Waals surface area contributed by atoms with E-state index >= 15 is 0 Å². The van der Waals surface area contributed by atoms with E-state index in [1.165, 1.54) is 0 Å². The second-order valence-electron chi connectivity index (χ2n) is 8.22. The third-order valence-corrected chi connectivity index (χ3v) is 6.68. The molecule has 154 valence electrons. The number of nitrogens with one attached hydrogen (secondary N) is 3. The molecule has 2 amide bonds. The van der Waals surface area contributed by atoms with Crippen molar-refractivity contribution in [1.29, 1.82) is 0 Å². The van der Waals surface area contributed by atoms with E-state index in [0.29, 0.717) is 22.7 Å². The van der Waals surface area contributed by atoms with Crippen molar-refractivity contribution >= 4 is 34.3 Å². The Hall–Kier alpha value is -2.83. The lowest BCUT2D eigenvalue weighted by Crippen LogP contribution is -2.49. The first kappa shape index (κ1) is 19.2. The Kier molecular flexibility index (Phi) is 4.56. The molecular formula is C23H22ClN3O3. The van der Waals surface area contributed by atoms with Gasteiger partial charge in [-0.3, -0.25) is 9.59 Å². The maximum Gasteiger partial charge on any atom is 0.252 e. The fraction of sp³-hybridized carbons (Fsp3) is 0.304. The summed E-state index contributed by atoms with van der Waals surface area (Å²) in [6, 6.07) is 11.1. The summed E-state index contributed by atoms with van der Waals surface area (Å²) >= 11 is 6.26. The standard InChI is InChI=1S/C23H22ClN3O3/c24-17-5-4-15(20-16(17)11-25-22(20)30)19-10-14-9-13(3-6-18(14)26-19)21(29)27-23(12-28)7-1-2-8-23/h3-6,9-10,26,28H,1-2,7-8,11-12H2,(H,25,30)(H,27,29). The molecule has 7 heteroatoms. The summed E-state index contributed by atoms with van der Waals surface area (Å²) in [6.07, 6.45) is 3.63. The first-order valence-corrected chi connectivity index (χ1v) is 10.5. The van der Waals surface area contributed by atoms with Crippen LogP contribution in [0.3, 0.4) is 0 Å². The van der Waals surface area contributed by atoms with Crippen LogP contribution in [0.25, 0.3) is 22.2 Å². The molecule has 1 saturated carbocycles. The Morgan fingerprint density at radius 1 is 1.17 bits per heavy atom. The average molecular weight is 424 g/mol. The number of halogens is 1. The number of aromatic amines is 1. The number of hydrogen-bond donors (Lipinski definition) is 4. The maximum atomic E-state index is 12.8. The lowest BCUT2D eigenvalue weighted by atomic mass is 9.98. The molecule has 1 aliphatic heterocycles. The highest BCUT2D eigenvalue weighted by Crippen LogP contribution is 2.35. The molecule has 4 N–H and O–H groups in total. The van der Waals surface area contributed by atoms with Crippen LogP contribution in [0.2, 0.25) is 5.02 Å². The molecule has 0 atom stereocenters. The molecule has 3 aromatic rings. The van der Waals surface area contributed by atoms with Crippen LogP contribution in [-0.4, -0.2) is 34.1 Å². The summed E-state index contributed by atoms with van der Waals surface area (Å²) in [5.41, 5.74) is 3.91. The number of benzene rings is 2. The fourth-order valence-electron chi connectivity index (χ4n) is 4.64. The highest BCUT2D eigenvalue weighted by atomic mass is 35.5. The van der Waals surface area contributed by atoms with Crippen LogP contribution in [0, 0.1) is 0 Å². The smallest absolute Gasteiger partial charge is 0.252 e. The molecular weight excluding hydrogens is 402 g/mol. The van der Waals surface area contributed by atoms with Crippen molar-refractivity contribution in [2.45, 2.75) is 37.8 Å². The highest BCUT2D eigenvalue weighted by molar-refractivity contribution is 6.32. The van der Waals surface area contributed by atoms with E-state index in [9.17, 15) is 14.7 Å². The quantitative estimate of drug-likeness (QED) is 0.514. The largest absolute Gasteiger partial charge is 0.394 e. The van der Waals surface area contributed by atoms with Crippen LogP contribution in [0.5, 0.6) is 0 Å². The molecule has 1 aromatic heterocycles. The summed E-state index contributed by atoms with van der Waals surface area (Å²) in [4.78, 5) is 28.5. The normalized spacial score (nSPS) is 17.2. The number of amides is 2. The summed E-state index contributed by atoms with van der Waals surface area (Å²) < 4.78 is 0. The van der Waals surface area contributed by atoms with Crippen LogP contribution >= 0.6 is 11.6 Å². The van der Waals surface area contributed by atoms with E-state index in [-0.39, 0.29) is 18.4 Å². The maximum absolute atomic E-state index is 12.8. The van der Waals surface area contributed by atoms with Gasteiger partial charge in [-0.25, -0.2) is 0 Å². The van der Waals surface area contributed by atoms with Gasteiger partial charge in [-0.05, 0) is 43.2 Å². The van der Waals surface area contributed by atoms with Gasteiger partial charge in [0, 0.05) is 44.9 Å².